The SMILES string of the molecule is CCN(CCOC)C(=O)C(N)Cc1ccccc1. The molecule has 1 rings (SSSR count). The molecule has 0 heterocycles. The average molecular weight is 250 g/mol. The number of rotatable bonds is 7. The highest BCUT2D eigenvalue weighted by Gasteiger charge is 2.19. The van der Waals surface area contributed by atoms with Crippen LogP contribution in [0.3, 0.4) is 0 Å². The van der Waals surface area contributed by atoms with Crippen LogP contribution in [0.2, 0.25) is 0 Å². The number of hydrogen-bond donors (Lipinski definition) is 1. The largest absolute Gasteiger partial charge is 0.383 e. The highest BCUT2D eigenvalue weighted by atomic mass is 16.5. The summed E-state index contributed by atoms with van der Waals surface area (Å²) < 4.78 is 4.99. The first-order valence-electron chi connectivity index (χ1n) is 6.26. The topological polar surface area (TPSA) is 55.6 Å². The van der Waals surface area contributed by atoms with E-state index in [0.717, 1.165) is 5.56 Å². The minimum absolute atomic E-state index is 0.0154. The number of likely N-dealkylation sites (N-methyl/N-ethyl adjacent to an activating group) is 1. The van der Waals surface area contributed by atoms with Crippen LogP contribution in [0.1, 0.15) is 12.5 Å². The Morgan fingerprint density at radius 1 is 1.39 bits per heavy atom. The van der Waals surface area contributed by atoms with Gasteiger partial charge in [-0.05, 0) is 18.9 Å². The molecular formula is C14H22N2O2. The molecule has 2 N–H and O–H groups in total. The average Bonchev–Trinajstić information content (AvgIpc) is 2.40. The van der Waals surface area contributed by atoms with Gasteiger partial charge in [0.1, 0.15) is 0 Å². The molecule has 0 spiro atoms. The van der Waals surface area contributed by atoms with Gasteiger partial charge in [-0.25, -0.2) is 0 Å². The van der Waals surface area contributed by atoms with Gasteiger partial charge in [-0.15, -0.1) is 0 Å². The van der Waals surface area contributed by atoms with Crippen molar-refractivity contribution in [2.24, 2.45) is 5.73 Å². The Morgan fingerprint density at radius 2 is 2.06 bits per heavy atom. The van der Waals surface area contributed by atoms with Crippen molar-refractivity contribution in [2.45, 2.75) is 19.4 Å². The Kier molecular flexibility index (Phi) is 6.39. The molecule has 1 aromatic rings. The molecule has 100 valence electrons. The number of nitrogens with zero attached hydrogens (tertiary/aromatic N) is 1. The molecule has 0 saturated carbocycles. The summed E-state index contributed by atoms with van der Waals surface area (Å²) in [6.07, 6.45) is 0.573. The molecule has 0 aliphatic heterocycles. The zero-order valence-electron chi connectivity index (χ0n) is 11.1. The molecule has 4 heteroatoms. The first kappa shape index (κ1) is 14.7. The lowest BCUT2D eigenvalue weighted by molar-refractivity contribution is -0.133. The van der Waals surface area contributed by atoms with Crippen LogP contribution in [-0.4, -0.2) is 43.7 Å². The zero-order valence-corrected chi connectivity index (χ0v) is 11.1. The van der Waals surface area contributed by atoms with Crippen LogP contribution < -0.4 is 5.73 Å². The van der Waals surface area contributed by atoms with E-state index in [1.165, 1.54) is 0 Å². The number of ether oxygens (including phenoxy) is 1. The van der Waals surface area contributed by atoms with E-state index in [4.69, 9.17) is 10.5 Å². The molecular weight excluding hydrogens is 228 g/mol. The molecule has 1 unspecified atom stereocenters. The van der Waals surface area contributed by atoms with Crippen LogP contribution in [0.25, 0.3) is 0 Å². The fourth-order valence-electron chi connectivity index (χ4n) is 1.82. The van der Waals surface area contributed by atoms with E-state index in [2.05, 4.69) is 0 Å². The third-order valence-electron chi connectivity index (χ3n) is 2.87. The van der Waals surface area contributed by atoms with Crippen molar-refractivity contribution in [3.63, 3.8) is 0 Å². The summed E-state index contributed by atoms with van der Waals surface area (Å²) in [6, 6.07) is 9.35. The van der Waals surface area contributed by atoms with Crippen molar-refractivity contribution in [1.82, 2.24) is 4.90 Å². The smallest absolute Gasteiger partial charge is 0.239 e. The van der Waals surface area contributed by atoms with Gasteiger partial charge in [-0.1, -0.05) is 30.3 Å². The summed E-state index contributed by atoms with van der Waals surface area (Å²) in [7, 11) is 1.63. The van der Waals surface area contributed by atoms with Crippen LogP contribution in [-0.2, 0) is 16.0 Å². The summed E-state index contributed by atoms with van der Waals surface area (Å²) in [6.45, 7) is 3.74. The molecule has 0 aliphatic rings. The first-order valence-corrected chi connectivity index (χ1v) is 6.26. The second-order valence-corrected chi connectivity index (χ2v) is 4.21. The monoisotopic (exact) mass is 250 g/mol. The summed E-state index contributed by atoms with van der Waals surface area (Å²) >= 11 is 0. The van der Waals surface area contributed by atoms with Crippen molar-refractivity contribution in [1.29, 1.82) is 0 Å². The van der Waals surface area contributed by atoms with Crippen LogP contribution in [0, 0.1) is 0 Å². The van der Waals surface area contributed by atoms with Crippen molar-refractivity contribution < 1.29 is 9.53 Å². The third-order valence-corrected chi connectivity index (χ3v) is 2.87. The number of methoxy groups -OCH3 is 1. The fraction of sp³-hybridized carbons (Fsp3) is 0.500. The highest BCUT2D eigenvalue weighted by Crippen LogP contribution is 2.04. The molecule has 0 fully saturated rings. The molecule has 0 saturated heterocycles. The number of carbonyl (C=O) groups is 1. The molecule has 1 aromatic carbocycles. The van der Waals surface area contributed by atoms with Gasteiger partial charge in [0, 0.05) is 20.2 Å². The van der Waals surface area contributed by atoms with E-state index in [9.17, 15) is 4.79 Å². The lowest BCUT2D eigenvalue weighted by Crippen LogP contribution is -2.46. The maximum Gasteiger partial charge on any atom is 0.239 e. The summed E-state index contributed by atoms with van der Waals surface area (Å²) in [5.74, 6) is -0.0154. The van der Waals surface area contributed by atoms with Gasteiger partial charge in [-0.3, -0.25) is 4.79 Å². The van der Waals surface area contributed by atoms with E-state index in [1.807, 2.05) is 37.3 Å². The second-order valence-electron chi connectivity index (χ2n) is 4.21. The van der Waals surface area contributed by atoms with Gasteiger partial charge in [0.2, 0.25) is 5.91 Å². The predicted octanol–water partition coefficient (Wildman–Crippen LogP) is 1.05. The lowest BCUT2D eigenvalue weighted by atomic mass is 10.1. The van der Waals surface area contributed by atoms with Crippen LogP contribution in [0.4, 0.5) is 0 Å². The number of nitrogens with two attached hydrogens (primary N) is 1. The molecule has 0 radical (unpaired) electrons. The van der Waals surface area contributed by atoms with E-state index in [-0.39, 0.29) is 5.91 Å². The van der Waals surface area contributed by atoms with E-state index < -0.39 is 6.04 Å². The maximum atomic E-state index is 12.1. The predicted molar refractivity (Wildman–Crippen MR) is 72.3 cm³/mol. The second kappa shape index (κ2) is 7.84. The van der Waals surface area contributed by atoms with Crippen molar-refractivity contribution in [2.75, 3.05) is 26.8 Å². The summed E-state index contributed by atoms with van der Waals surface area (Å²) in [5.41, 5.74) is 7.05. The van der Waals surface area contributed by atoms with Crippen LogP contribution in [0.15, 0.2) is 30.3 Å². The van der Waals surface area contributed by atoms with Crippen molar-refractivity contribution >= 4 is 5.91 Å². The van der Waals surface area contributed by atoms with E-state index in [0.29, 0.717) is 26.1 Å². The van der Waals surface area contributed by atoms with Gasteiger partial charge in [0.15, 0.2) is 0 Å². The minimum Gasteiger partial charge on any atom is -0.383 e. The van der Waals surface area contributed by atoms with Gasteiger partial charge in [0.05, 0.1) is 12.6 Å². The van der Waals surface area contributed by atoms with Crippen LogP contribution >= 0.6 is 0 Å². The Bertz CT molecular complexity index is 354. The third kappa shape index (κ3) is 4.47. The fourth-order valence-corrected chi connectivity index (χ4v) is 1.82. The number of amides is 1. The standard InChI is InChI=1S/C14H22N2O2/c1-3-16(9-10-18-2)14(17)13(15)11-12-7-5-4-6-8-12/h4-8,13H,3,9-11,15H2,1-2H3. The Hall–Kier alpha value is -1.39. The Balaban J connectivity index is 2.54. The van der Waals surface area contributed by atoms with Crippen LogP contribution in [0.5, 0.6) is 0 Å². The molecule has 1 amide bonds. The van der Waals surface area contributed by atoms with Gasteiger partial charge < -0.3 is 15.4 Å². The molecule has 1 atom stereocenters. The number of benzene rings is 1. The van der Waals surface area contributed by atoms with Gasteiger partial charge >= 0.3 is 0 Å². The van der Waals surface area contributed by atoms with E-state index >= 15 is 0 Å². The quantitative estimate of drug-likeness (QED) is 0.787. The molecule has 0 aliphatic carbocycles. The van der Waals surface area contributed by atoms with Crippen molar-refractivity contribution in [3.8, 4) is 0 Å². The molecule has 18 heavy (non-hydrogen) atoms. The minimum atomic E-state index is -0.482. The summed E-state index contributed by atoms with van der Waals surface area (Å²) in [4.78, 5) is 13.9. The molecule has 0 bridgehead atoms. The molecule has 0 aromatic heterocycles. The maximum absolute atomic E-state index is 12.1. The number of hydrogen-bond acceptors (Lipinski definition) is 3. The normalized spacial score (nSPS) is 12.2. The summed E-state index contributed by atoms with van der Waals surface area (Å²) in [5, 5.41) is 0. The lowest BCUT2D eigenvalue weighted by Gasteiger charge is -2.24. The first-order chi connectivity index (χ1) is 8.69. The Labute approximate surface area is 109 Å². The number of carbonyl (C=O) groups excluding carboxylic acids is 1. The van der Waals surface area contributed by atoms with Gasteiger partial charge in [0.25, 0.3) is 0 Å². The zero-order chi connectivity index (χ0) is 13.4. The van der Waals surface area contributed by atoms with Crippen molar-refractivity contribution in [3.05, 3.63) is 35.9 Å². The Morgan fingerprint density at radius 3 is 2.61 bits per heavy atom. The highest BCUT2D eigenvalue weighted by molar-refractivity contribution is 5.82. The van der Waals surface area contributed by atoms with E-state index in [1.54, 1.807) is 12.0 Å². The van der Waals surface area contributed by atoms with Gasteiger partial charge in [-0.2, -0.15) is 0 Å². The molecule has 4 nitrogen and oxygen atoms in total.